The van der Waals surface area contributed by atoms with E-state index in [1.807, 2.05) is 13.1 Å². The lowest BCUT2D eigenvalue weighted by Gasteiger charge is -2.02. The molecule has 0 aliphatic rings. The first-order valence-corrected chi connectivity index (χ1v) is 3.26. The van der Waals surface area contributed by atoms with E-state index >= 15 is 0 Å². The molecule has 4 nitrogen and oxygen atoms in total. The van der Waals surface area contributed by atoms with Crippen LogP contribution < -0.4 is 11.1 Å². The second-order valence-electron chi connectivity index (χ2n) is 2.06. The molecule has 1 aromatic rings. The Morgan fingerprint density at radius 1 is 1.58 bits per heavy atom. The lowest BCUT2D eigenvalue weighted by molar-refractivity contribution is 0.768. The van der Waals surface area contributed by atoms with E-state index in [-0.39, 0.29) is 24.8 Å². The molecule has 0 spiro atoms. The molecule has 3 N–H and O–H groups in total. The van der Waals surface area contributed by atoms with Crippen LogP contribution in [0, 0.1) is 0 Å². The Balaban J connectivity index is 0. The Kier molecular flexibility index (Phi) is 8.47. The van der Waals surface area contributed by atoms with Gasteiger partial charge in [-0.3, -0.25) is 4.68 Å². The van der Waals surface area contributed by atoms with Crippen LogP contribution in [-0.2, 0) is 7.05 Å². The van der Waals surface area contributed by atoms with Crippen LogP contribution >= 0.6 is 24.8 Å². The summed E-state index contributed by atoms with van der Waals surface area (Å²) in [5.74, 6) is 1.01. The van der Waals surface area contributed by atoms with Gasteiger partial charge < -0.3 is 11.1 Å². The maximum atomic E-state index is 5.30. The highest BCUT2D eigenvalue weighted by Gasteiger charge is 1.93. The number of aryl methyl sites for hydroxylation is 1. The number of anilines is 1. The van der Waals surface area contributed by atoms with E-state index < -0.39 is 0 Å². The first-order valence-electron chi connectivity index (χ1n) is 3.26. The molecule has 0 atom stereocenters. The van der Waals surface area contributed by atoms with Crippen LogP contribution in [0.1, 0.15) is 0 Å². The molecule has 0 radical (unpaired) electrons. The van der Waals surface area contributed by atoms with Crippen LogP contribution in [-0.4, -0.2) is 22.9 Å². The lowest BCUT2D eigenvalue weighted by Crippen LogP contribution is -2.14. The average molecular weight is 213 g/mol. The van der Waals surface area contributed by atoms with Gasteiger partial charge in [0.1, 0.15) is 5.82 Å². The third-order valence-corrected chi connectivity index (χ3v) is 1.27. The summed E-state index contributed by atoms with van der Waals surface area (Å²) in [6.45, 7) is 1.44. The molecule has 0 fully saturated rings. The highest BCUT2D eigenvalue weighted by molar-refractivity contribution is 5.85. The van der Waals surface area contributed by atoms with Crippen molar-refractivity contribution in [3.8, 4) is 0 Å². The molecule has 12 heavy (non-hydrogen) atoms. The second-order valence-corrected chi connectivity index (χ2v) is 2.06. The topological polar surface area (TPSA) is 55.9 Å². The zero-order valence-electron chi connectivity index (χ0n) is 6.86. The minimum Gasteiger partial charge on any atom is -0.369 e. The molecule has 72 valence electrons. The summed E-state index contributed by atoms with van der Waals surface area (Å²) in [4.78, 5) is 0. The zero-order valence-corrected chi connectivity index (χ0v) is 8.49. The number of rotatable bonds is 3. The maximum absolute atomic E-state index is 5.30. The minimum absolute atomic E-state index is 0. The quantitative estimate of drug-likeness (QED) is 0.774. The number of aromatic nitrogens is 2. The summed E-state index contributed by atoms with van der Waals surface area (Å²) in [5, 5.41) is 7.10. The van der Waals surface area contributed by atoms with Crippen LogP contribution in [0.4, 0.5) is 5.82 Å². The largest absolute Gasteiger partial charge is 0.369 e. The van der Waals surface area contributed by atoms with Crippen molar-refractivity contribution in [3.05, 3.63) is 12.3 Å². The van der Waals surface area contributed by atoms with Gasteiger partial charge in [-0.2, -0.15) is 5.10 Å². The first kappa shape index (κ1) is 14.1. The number of nitrogens with zero attached hydrogens (tertiary/aromatic N) is 2. The van der Waals surface area contributed by atoms with Crippen molar-refractivity contribution in [2.24, 2.45) is 12.8 Å². The highest BCUT2D eigenvalue weighted by Crippen LogP contribution is 2.00. The van der Waals surface area contributed by atoms with E-state index in [2.05, 4.69) is 10.4 Å². The van der Waals surface area contributed by atoms with Crippen molar-refractivity contribution in [3.63, 3.8) is 0 Å². The monoisotopic (exact) mass is 212 g/mol. The van der Waals surface area contributed by atoms with E-state index in [4.69, 9.17) is 5.73 Å². The Bertz CT molecular complexity index is 201. The van der Waals surface area contributed by atoms with E-state index in [0.29, 0.717) is 6.54 Å². The fourth-order valence-corrected chi connectivity index (χ4v) is 0.748. The molecule has 0 saturated heterocycles. The van der Waals surface area contributed by atoms with Crippen LogP contribution in [0.2, 0.25) is 0 Å². The van der Waals surface area contributed by atoms with Crippen LogP contribution in [0.25, 0.3) is 0 Å². The van der Waals surface area contributed by atoms with E-state index in [0.717, 1.165) is 12.4 Å². The third kappa shape index (κ3) is 3.80. The SMILES string of the molecule is Cl.Cl.Cn1nccc1NCCN. The molecule has 1 heterocycles. The van der Waals surface area contributed by atoms with Gasteiger partial charge >= 0.3 is 0 Å². The summed E-state index contributed by atoms with van der Waals surface area (Å²) in [5.41, 5.74) is 5.30. The van der Waals surface area contributed by atoms with Crippen molar-refractivity contribution in [2.45, 2.75) is 0 Å². The molecule has 6 heteroatoms. The standard InChI is InChI=1S/C6H12N4.2ClH/c1-10-6(2-4-9-10)8-5-3-7;;/h2,4,8H,3,5,7H2,1H3;2*1H. The van der Waals surface area contributed by atoms with Crippen LogP contribution in [0.5, 0.6) is 0 Å². The normalized spacial score (nSPS) is 8.17. The Morgan fingerprint density at radius 3 is 2.67 bits per heavy atom. The van der Waals surface area contributed by atoms with Crippen LogP contribution in [0.15, 0.2) is 12.3 Å². The summed E-state index contributed by atoms with van der Waals surface area (Å²) in [6, 6.07) is 1.91. The summed E-state index contributed by atoms with van der Waals surface area (Å²) >= 11 is 0. The van der Waals surface area contributed by atoms with Gasteiger partial charge in [-0.1, -0.05) is 0 Å². The van der Waals surface area contributed by atoms with Gasteiger partial charge in [0.2, 0.25) is 0 Å². The number of nitrogens with one attached hydrogen (secondary N) is 1. The first-order chi connectivity index (χ1) is 4.84. The molecule has 0 aliphatic heterocycles. The Labute approximate surface area is 84.3 Å². The molecular formula is C6H14Cl2N4. The van der Waals surface area contributed by atoms with E-state index in [1.54, 1.807) is 10.9 Å². The van der Waals surface area contributed by atoms with E-state index in [1.165, 1.54) is 0 Å². The fraction of sp³-hybridized carbons (Fsp3) is 0.500. The molecule has 0 aromatic carbocycles. The van der Waals surface area contributed by atoms with Gasteiger partial charge in [-0.05, 0) is 0 Å². The number of halogens is 2. The van der Waals surface area contributed by atoms with Crippen molar-refractivity contribution in [1.82, 2.24) is 9.78 Å². The average Bonchev–Trinajstić information content (AvgIpc) is 2.31. The number of nitrogens with two attached hydrogens (primary N) is 1. The van der Waals surface area contributed by atoms with E-state index in [9.17, 15) is 0 Å². The third-order valence-electron chi connectivity index (χ3n) is 1.27. The van der Waals surface area contributed by atoms with Crippen molar-refractivity contribution >= 4 is 30.6 Å². The highest BCUT2D eigenvalue weighted by atomic mass is 35.5. The zero-order chi connectivity index (χ0) is 7.40. The van der Waals surface area contributed by atoms with Gasteiger partial charge in [0, 0.05) is 26.2 Å². The summed E-state index contributed by atoms with van der Waals surface area (Å²) < 4.78 is 1.77. The fourth-order valence-electron chi connectivity index (χ4n) is 0.748. The van der Waals surface area contributed by atoms with Gasteiger partial charge in [-0.15, -0.1) is 24.8 Å². The predicted molar refractivity (Wildman–Crippen MR) is 55.2 cm³/mol. The Morgan fingerprint density at radius 2 is 2.25 bits per heavy atom. The molecular weight excluding hydrogens is 199 g/mol. The lowest BCUT2D eigenvalue weighted by atomic mass is 10.6. The number of hydrogen-bond donors (Lipinski definition) is 2. The molecule has 1 aromatic heterocycles. The van der Waals surface area contributed by atoms with Crippen molar-refractivity contribution in [1.29, 1.82) is 0 Å². The van der Waals surface area contributed by atoms with Crippen LogP contribution in [0.3, 0.4) is 0 Å². The molecule has 0 aliphatic carbocycles. The summed E-state index contributed by atoms with van der Waals surface area (Å²) in [6.07, 6.45) is 1.75. The maximum Gasteiger partial charge on any atom is 0.123 e. The van der Waals surface area contributed by atoms with Gasteiger partial charge in [-0.25, -0.2) is 0 Å². The van der Waals surface area contributed by atoms with Crippen molar-refractivity contribution in [2.75, 3.05) is 18.4 Å². The van der Waals surface area contributed by atoms with Gasteiger partial charge in [0.25, 0.3) is 0 Å². The van der Waals surface area contributed by atoms with Gasteiger partial charge in [0.15, 0.2) is 0 Å². The molecule has 0 amide bonds. The summed E-state index contributed by atoms with van der Waals surface area (Å²) in [7, 11) is 1.89. The second kappa shape index (κ2) is 7.21. The Hall–Kier alpha value is -0.450. The number of hydrogen-bond acceptors (Lipinski definition) is 3. The van der Waals surface area contributed by atoms with Gasteiger partial charge in [0.05, 0.1) is 6.20 Å². The molecule has 1 rings (SSSR count). The minimum atomic E-state index is 0. The molecule has 0 bridgehead atoms. The molecule has 0 unspecified atom stereocenters. The smallest absolute Gasteiger partial charge is 0.123 e. The van der Waals surface area contributed by atoms with Crippen molar-refractivity contribution < 1.29 is 0 Å². The molecule has 0 saturated carbocycles. The predicted octanol–water partition coefficient (Wildman–Crippen LogP) is 0.634.